The highest BCUT2D eigenvalue weighted by Crippen LogP contribution is 2.37. The second kappa shape index (κ2) is 6.74. The van der Waals surface area contributed by atoms with Gasteiger partial charge in [0.15, 0.2) is 0 Å². The molecule has 106 valence electrons. The molecule has 0 fully saturated rings. The predicted molar refractivity (Wildman–Crippen MR) is 88.7 cm³/mol. The van der Waals surface area contributed by atoms with Crippen molar-refractivity contribution in [2.24, 2.45) is 0 Å². The number of aromatic nitrogens is 2. The SMILES string of the molecule is CCN(CC)c1nc(Cl)c(-c2ccccc2Br)c(Cl)n1. The molecule has 0 spiro atoms. The van der Waals surface area contributed by atoms with Crippen molar-refractivity contribution >= 4 is 45.1 Å². The van der Waals surface area contributed by atoms with E-state index in [1.807, 2.05) is 43.0 Å². The van der Waals surface area contributed by atoms with Crippen LogP contribution >= 0.6 is 39.1 Å². The van der Waals surface area contributed by atoms with Gasteiger partial charge in [-0.3, -0.25) is 0 Å². The van der Waals surface area contributed by atoms with Gasteiger partial charge in [-0.2, -0.15) is 0 Å². The van der Waals surface area contributed by atoms with E-state index in [4.69, 9.17) is 23.2 Å². The number of hydrogen-bond acceptors (Lipinski definition) is 3. The summed E-state index contributed by atoms with van der Waals surface area (Å²) in [7, 11) is 0. The first-order valence-electron chi connectivity index (χ1n) is 6.31. The topological polar surface area (TPSA) is 29.0 Å². The van der Waals surface area contributed by atoms with Gasteiger partial charge in [-0.25, -0.2) is 9.97 Å². The quantitative estimate of drug-likeness (QED) is 0.700. The lowest BCUT2D eigenvalue weighted by molar-refractivity contribution is 0.822. The van der Waals surface area contributed by atoms with Crippen LogP contribution in [0.15, 0.2) is 28.7 Å². The zero-order chi connectivity index (χ0) is 14.7. The van der Waals surface area contributed by atoms with Crippen LogP contribution < -0.4 is 4.90 Å². The van der Waals surface area contributed by atoms with E-state index < -0.39 is 0 Å². The molecule has 2 rings (SSSR count). The van der Waals surface area contributed by atoms with Crippen LogP contribution in [0.25, 0.3) is 11.1 Å². The molecule has 0 N–H and O–H groups in total. The summed E-state index contributed by atoms with van der Waals surface area (Å²) in [5, 5.41) is 0.720. The fourth-order valence-corrected chi connectivity index (χ4v) is 3.00. The van der Waals surface area contributed by atoms with Crippen molar-refractivity contribution in [3.8, 4) is 11.1 Å². The molecule has 1 aromatic carbocycles. The highest BCUT2D eigenvalue weighted by molar-refractivity contribution is 9.10. The molecule has 0 radical (unpaired) electrons. The molecule has 0 aliphatic rings. The van der Waals surface area contributed by atoms with Gasteiger partial charge in [-0.1, -0.05) is 57.3 Å². The van der Waals surface area contributed by atoms with E-state index in [-0.39, 0.29) is 0 Å². The summed E-state index contributed by atoms with van der Waals surface area (Å²) in [6.45, 7) is 5.68. The fourth-order valence-electron chi connectivity index (χ4n) is 1.93. The molecule has 0 bridgehead atoms. The maximum atomic E-state index is 6.32. The average molecular weight is 375 g/mol. The number of rotatable bonds is 4. The van der Waals surface area contributed by atoms with Crippen LogP contribution in [0.4, 0.5) is 5.95 Å². The van der Waals surface area contributed by atoms with Gasteiger partial charge in [0.05, 0.1) is 5.56 Å². The summed E-state index contributed by atoms with van der Waals surface area (Å²) < 4.78 is 0.906. The minimum Gasteiger partial charge on any atom is -0.341 e. The van der Waals surface area contributed by atoms with Crippen LogP contribution in [0.2, 0.25) is 10.3 Å². The van der Waals surface area contributed by atoms with Gasteiger partial charge in [0.25, 0.3) is 0 Å². The zero-order valence-corrected chi connectivity index (χ0v) is 14.3. The molecule has 0 amide bonds. The summed E-state index contributed by atoms with van der Waals surface area (Å²) in [4.78, 5) is 10.7. The van der Waals surface area contributed by atoms with E-state index in [1.165, 1.54) is 0 Å². The molecule has 0 aliphatic heterocycles. The van der Waals surface area contributed by atoms with Crippen LogP contribution in [0.5, 0.6) is 0 Å². The first-order valence-corrected chi connectivity index (χ1v) is 7.86. The van der Waals surface area contributed by atoms with Crippen LogP contribution in [-0.4, -0.2) is 23.1 Å². The number of anilines is 1. The van der Waals surface area contributed by atoms with Gasteiger partial charge >= 0.3 is 0 Å². The molecule has 0 aliphatic carbocycles. The Morgan fingerprint density at radius 1 is 1.05 bits per heavy atom. The summed E-state index contributed by atoms with van der Waals surface area (Å²) in [6.07, 6.45) is 0. The molecule has 1 heterocycles. The van der Waals surface area contributed by atoms with E-state index >= 15 is 0 Å². The van der Waals surface area contributed by atoms with Gasteiger partial charge in [-0.05, 0) is 19.9 Å². The van der Waals surface area contributed by atoms with Crippen molar-refractivity contribution in [1.82, 2.24) is 9.97 Å². The molecule has 1 aromatic heterocycles. The summed E-state index contributed by atoms with van der Waals surface area (Å²) in [5.74, 6) is 0.556. The van der Waals surface area contributed by atoms with E-state index in [9.17, 15) is 0 Å². The lowest BCUT2D eigenvalue weighted by atomic mass is 10.1. The number of halogens is 3. The third-order valence-electron chi connectivity index (χ3n) is 3.00. The number of benzene rings is 1. The van der Waals surface area contributed by atoms with Crippen LogP contribution in [0.3, 0.4) is 0 Å². The summed E-state index contributed by atoms with van der Waals surface area (Å²) in [5.41, 5.74) is 1.53. The van der Waals surface area contributed by atoms with Crippen LogP contribution in [-0.2, 0) is 0 Å². The Labute approximate surface area is 137 Å². The van der Waals surface area contributed by atoms with Gasteiger partial charge in [0.1, 0.15) is 10.3 Å². The molecule has 20 heavy (non-hydrogen) atoms. The number of nitrogens with zero attached hydrogens (tertiary/aromatic N) is 3. The van der Waals surface area contributed by atoms with E-state index in [0.29, 0.717) is 21.8 Å². The second-order valence-electron chi connectivity index (χ2n) is 4.13. The lowest BCUT2D eigenvalue weighted by Crippen LogP contribution is -2.24. The normalized spacial score (nSPS) is 10.7. The van der Waals surface area contributed by atoms with Crippen molar-refractivity contribution in [3.63, 3.8) is 0 Å². The second-order valence-corrected chi connectivity index (χ2v) is 5.70. The Balaban J connectivity index is 2.55. The molecular weight excluding hydrogens is 361 g/mol. The summed E-state index contributed by atoms with van der Waals surface area (Å²) >= 11 is 16.1. The molecular formula is C14H14BrCl2N3. The first kappa shape index (κ1) is 15.5. The summed E-state index contributed by atoms with van der Waals surface area (Å²) in [6, 6.07) is 7.71. The maximum Gasteiger partial charge on any atom is 0.228 e. The van der Waals surface area contributed by atoms with E-state index in [0.717, 1.165) is 23.1 Å². The van der Waals surface area contributed by atoms with Crippen LogP contribution in [0, 0.1) is 0 Å². The monoisotopic (exact) mass is 373 g/mol. The fraction of sp³-hybridized carbons (Fsp3) is 0.286. The van der Waals surface area contributed by atoms with Crippen molar-refractivity contribution in [2.45, 2.75) is 13.8 Å². The minimum absolute atomic E-state index is 0.360. The van der Waals surface area contributed by atoms with Gasteiger partial charge < -0.3 is 4.90 Å². The standard InChI is InChI=1S/C14H14BrCl2N3/c1-3-20(4-2)14-18-12(16)11(13(17)19-14)9-7-5-6-8-10(9)15/h5-8H,3-4H2,1-2H3. The van der Waals surface area contributed by atoms with Crippen molar-refractivity contribution in [2.75, 3.05) is 18.0 Å². The van der Waals surface area contributed by atoms with Crippen molar-refractivity contribution in [1.29, 1.82) is 0 Å². The first-order chi connectivity index (χ1) is 9.58. The molecule has 2 aromatic rings. The number of hydrogen-bond donors (Lipinski definition) is 0. The predicted octanol–water partition coefficient (Wildman–Crippen LogP) is 5.06. The van der Waals surface area contributed by atoms with Gasteiger partial charge in [-0.15, -0.1) is 0 Å². The molecule has 6 heteroatoms. The highest BCUT2D eigenvalue weighted by Gasteiger charge is 2.17. The smallest absolute Gasteiger partial charge is 0.228 e. The Morgan fingerprint density at radius 2 is 1.60 bits per heavy atom. The Kier molecular flexibility index (Phi) is 5.24. The molecule has 0 saturated carbocycles. The van der Waals surface area contributed by atoms with E-state index in [2.05, 4.69) is 25.9 Å². The molecule has 3 nitrogen and oxygen atoms in total. The maximum absolute atomic E-state index is 6.32. The third kappa shape index (κ3) is 3.08. The minimum atomic E-state index is 0.360. The van der Waals surface area contributed by atoms with Gasteiger partial charge in [0.2, 0.25) is 5.95 Å². The Morgan fingerprint density at radius 3 is 2.10 bits per heavy atom. The Bertz CT molecular complexity index is 592. The average Bonchev–Trinajstić information content (AvgIpc) is 2.41. The van der Waals surface area contributed by atoms with Crippen molar-refractivity contribution in [3.05, 3.63) is 39.0 Å². The largest absolute Gasteiger partial charge is 0.341 e. The molecule has 0 saturated heterocycles. The Hall–Kier alpha value is -0.840. The third-order valence-corrected chi connectivity index (χ3v) is 4.24. The lowest BCUT2D eigenvalue weighted by Gasteiger charge is -2.19. The van der Waals surface area contributed by atoms with Crippen molar-refractivity contribution < 1.29 is 0 Å². The van der Waals surface area contributed by atoms with Gasteiger partial charge in [0, 0.05) is 23.1 Å². The van der Waals surface area contributed by atoms with Crippen LogP contribution in [0.1, 0.15) is 13.8 Å². The highest BCUT2D eigenvalue weighted by atomic mass is 79.9. The molecule has 0 atom stereocenters. The van der Waals surface area contributed by atoms with E-state index in [1.54, 1.807) is 0 Å². The molecule has 0 unspecified atom stereocenters. The zero-order valence-electron chi connectivity index (χ0n) is 11.2.